The Bertz CT molecular complexity index is 410. The summed E-state index contributed by atoms with van der Waals surface area (Å²) in [5, 5.41) is 0. The molecule has 1 aromatic rings. The second-order valence-corrected chi connectivity index (χ2v) is 6.69. The van der Waals surface area contributed by atoms with Crippen LogP contribution in [0.1, 0.15) is 34.6 Å². The minimum atomic E-state index is 0.219. The number of pyridine rings is 1. The van der Waals surface area contributed by atoms with E-state index >= 15 is 0 Å². The van der Waals surface area contributed by atoms with Gasteiger partial charge in [0.1, 0.15) is 5.82 Å². The highest BCUT2D eigenvalue weighted by atomic mass is 16.5. The summed E-state index contributed by atoms with van der Waals surface area (Å²) in [5.41, 5.74) is 6.71. The van der Waals surface area contributed by atoms with Crippen molar-refractivity contribution in [3.05, 3.63) is 12.1 Å². The molecule has 4 nitrogen and oxygen atoms in total. The maximum absolute atomic E-state index is 5.90. The first kappa shape index (κ1) is 15.6. The van der Waals surface area contributed by atoms with E-state index in [-0.39, 0.29) is 5.41 Å². The highest BCUT2D eigenvalue weighted by Gasteiger charge is 2.16. The molecule has 19 heavy (non-hydrogen) atoms. The lowest BCUT2D eigenvalue weighted by molar-refractivity contribution is 0.263. The minimum absolute atomic E-state index is 0.219. The molecule has 0 radical (unpaired) electrons. The summed E-state index contributed by atoms with van der Waals surface area (Å²) in [6, 6.07) is 3.79. The van der Waals surface area contributed by atoms with Gasteiger partial charge in [-0.15, -0.1) is 0 Å². The normalized spacial score (nSPS) is 11.7. The zero-order valence-electron chi connectivity index (χ0n) is 13.0. The molecule has 108 valence electrons. The molecule has 0 amide bonds. The fourth-order valence-corrected chi connectivity index (χ4v) is 1.81. The van der Waals surface area contributed by atoms with E-state index < -0.39 is 0 Å². The molecule has 2 N–H and O–H groups in total. The molecule has 0 unspecified atom stereocenters. The second-order valence-electron chi connectivity index (χ2n) is 6.69. The molecule has 4 heteroatoms. The van der Waals surface area contributed by atoms with Gasteiger partial charge >= 0.3 is 0 Å². The highest BCUT2D eigenvalue weighted by molar-refractivity contribution is 5.54. The summed E-state index contributed by atoms with van der Waals surface area (Å²) in [5.74, 6) is 1.88. The van der Waals surface area contributed by atoms with Crippen molar-refractivity contribution < 1.29 is 4.74 Å². The number of anilines is 2. The molecular formula is C15H27N3O. The summed E-state index contributed by atoms with van der Waals surface area (Å²) in [7, 11) is 2.04. The number of ether oxygens (including phenoxy) is 1. The maximum atomic E-state index is 5.90. The first-order valence-corrected chi connectivity index (χ1v) is 6.79. The summed E-state index contributed by atoms with van der Waals surface area (Å²) in [6.07, 6.45) is 0. The molecule has 1 heterocycles. The average Bonchev–Trinajstić information content (AvgIpc) is 2.25. The standard InChI is InChI=1S/C15H27N3O/c1-11(2)9-19-14-12(16)7-8-13(17-14)18(6)10-15(3,4)5/h7-8,11H,9-10,16H2,1-6H3. The summed E-state index contributed by atoms with van der Waals surface area (Å²) >= 11 is 0. The first-order valence-electron chi connectivity index (χ1n) is 6.79. The predicted molar refractivity (Wildman–Crippen MR) is 81.7 cm³/mol. The molecule has 1 aromatic heterocycles. The second kappa shape index (κ2) is 6.13. The number of hydrogen-bond donors (Lipinski definition) is 1. The Hall–Kier alpha value is -1.45. The molecule has 1 rings (SSSR count). The van der Waals surface area contributed by atoms with Gasteiger partial charge in [-0.05, 0) is 23.5 Å². The van der Waals surface area contributed by atoms with Gasteiger partial charge in [-0.1, -0.05) is 34.6 Å². The quantitative estimate of drug-likeness (QED) is 0.888. The molecule has 0 aliphatic rings. The van der Waals surface area contributed by atoms with Crippen LogP contribution in [0, 0.1) is 11.3 Å². The highest BCUT2D eigenvalue weighted by Crippen LogP contribution is 2.25. The van der Waals surface area contributed by atoms with Crippen molar-refractivity contribution in [1.82, 2.24) is 4.98 Å². The molecular weight excluding hydrogens is 238 g/mol. The zero-order valence-corrected chi connectivity index (χ0v) is 13.0. The molecule has 0 saturated carbocycles. The van der Waals surface area contributed by atoms with Crippen LogP contribution in [-0.4, -0.2) is 25.2 Å². The fraction of sp³-hybridized carbons (Fsp3) is 0.667. The third-order valence-electron chi connectivity index (χ3n) is 2.53. The SMILES string of the molecule is CC(C)COc1nc(N(C)CC(C)(C)C)ccc1N. The van der Waals surface area contributed by atoms with Crippen molar-refractivity contribution in [2.24, 2.45) is 11.3 Å². The summed E-state index contributed by atoms with van der Waals surface area (Å²) < 4.78 is 5.66. The van der Waals surface area contributed by atoms with Gasteiger partial charge in [0, 0.05) is 13.6 Å². The third-order valence-corrected chi connectivity index (χ3v) is 2.53. The van der Waals surface area contributed by atoms with Crippen LogP contribution >= 0.6 is 0 Å². The Morgan fingerprint density at radius 2 is 1.95 bits per heavy atom. The molecule has 0 fully saturated rings. The smallest absolute Gasteiger partial charge is 0.239 e. The maximum Gasteiger partial charge on any atom is 0.239 e. The van der Waals surface area contributed by atoms with Crippen molar-refractivity contribution in [3.63, 3.8) is 0 Å². The molecule has 0 spiro atoms. The molecule has 0 aliphatic heterocycles. The molecule has 0 saturated heterocycles. The van der Waals surface area contributed by atoms with Crippen LogP contribution in [-0.2, 0) is 0 Å². The van der Waals surface area contributed by atoms with E-state index in [0.29, 0.717) is 24.1 Å². The van der Waals surface area contributed by atoms with Crippen LogP contribution in [0.15, 0.2) is 12.1 Å². The molecule has 0 aromatic carbocycles. The summed E-state index contributed by atoms with van der Waals surface area (Å²) in [6.45, 7) is 12.4. The topological polar surface area (TPSA) is 51.4 Å². The van der Waals surface area contributed by atoms with E-state index in [1.165, 1.54) is 0 Å². The van der Waals surface area contributed by atoms with Crippen LogP contribution in [0.5, 0.6) is 5.88 Å². The Morgan fingerprint density at radius 3 is 2.47 bits per heavy atom. The largest absolute Gasteiger partial charge is 0.476 e. The Balaban J connectivity index is 2.83. The van der Waals surface area contributed by atoms with Crippen LogP contribution in [0.3, 0.4) is 0 Å². The lowest BCUT2D eigenvalue weighted by Crippen LogP contribution is -2.29. The van der Waals surface area contributed by atoms with Gasteiger partial charge in [0.25, 0.3) is 0 Å². The van der Waals surface area contributed by atoms with Crippen molar-refractivity contribution >= 4 is 11.5 Å². The first-order chi connectivity index (χ1) is 8.69. The third kappa shape index (κ3) is 5.37. The van der Waals surface area contributed by atoms with Gasteiger partial charge in [0.05, 0.1) is 12.3 Å². The van der Waals surface area contributed by atoms with Crippen LogP contribution in [0.2, 0.25) is 0 Å². The fourth-order valence-electron chi connectivity index (χ4n) is 1.81. The van der Waals surface area contributed by atoms with Crippen molar-refractivity contribution in [1.29, 1.82) is 0 Å². The number of hydrogen-bond acceptors (Lipinski definition) is 4. The number of aromatic nitrogens is 1. The molecule has 0 bridgehead atoms. The molecule has 0 aliphatic carbocycles. The van der Waals surface area contributed by atoms with Gasteiger partial charge in [-0.25, -0.2) is 0 Å². The van der Waals surface area contributed by atoms with Crippen molar-refractivity contribution in [3.8, 4) is 5.88 Å². The van der Waals surface area contributed by atoms with E-state index in [4.69, 9.17) is 10.5 Å². The van der Waals surface area contributed by atoms with Gasteiger partial charge in [0.2, 0.25) is 5.88 Å². The zero-order chi connectivity index (χ0) is 14.6. The van der Waals surface area contributed by atoms with Gasteiger partial charge in [-0.3, -0.25) is 0 Å². The predicted octanol–water partition coefficient (Wildman–Crippen LogP) is 3.18. The average molecular weight is 265 g/mol. The van der Waals surface area contributed by atoms with Crippen LogP contribution < -0.4 is 15.4 Å². The van der Waals surface area contributed by atoms with Crippen molar-refractivity contribution in [2.45, 2.75) is 34.6 Å². The Kier molecular flexibility index (Phi) is 5.04. The van der Waals surface area contributed by atoms with Gasteiger partial charge in [0.15, 0.2) is 0 Å². The van der Waals surface area contributed by atoms with Crippen molar-refractivity contribution in [2.75, 3.05) is 30.8 Å². The van der Waals surface area contributed by atoms with Crippen LogP contribution in [0.4, 0.5) is 11.5 Å². The Labute approximate surface area is 117 Å². The lowest BCUT2D eigenvalue weighted by Gasteiger charge is -2.27. The van der Waals surface area contributed by atoms with E-state index in [1.807, 2.05) is 19.2 Å². The van der Waals surface area contributed by atoms with Gasteiger partial charge in [-0.2, -0.15) is 4.98 Å². The van der Waals surface area contributed by atoms with Crippen LogP contribution in [0.25, 0.3) is 0 Å². The molecule has 0 atom stereocenters. The number of nitrogens with zero attached hydrogens (tertiary/aromatic N) is 2. The summed E-state index contributed by atoms with van der Waals surface area (Å²) in [4.78, 5) is 6.63. The monoisotopic (exact) mass is 265 g/mol. The number of rotatable bonds is 5. The van der Waals surface area contributed by atoms with E-state index in [9.17, 15) is 0 Å². The van der Waals surface area contributed by atoms with E-state index in [2.05, 4.69) is 44.5 Å². The minimum Gasteiger partial charge on any atom is -0.476 e. The van der Waals surface area contributed by atoms with E-state index in [0.717, 1.165) is 12.4 Å². The van der Waals surface area contributed by atoms with Gasteiger partial charge < -0.3 is 15.4 Å². The van der Waals surface area contributed by atoms with E-state index in [1.54, 1.807) is 0 Å². The lowest BCUT2D eigenvalue weighted by atomic mass is 9.96. The number of nitrogens with two attached hydrogens (primary N) is 1. The Morgan fingerprint density at radius 1 is 1.32 bits per heavy atom. The number of nitrogen functional groups attached to an aromatic ring is 1.